The molecule has 0 rings (SSSR count). The lowest BCUT2D eigenvalue weighted by Crippen LogP contribution is -2.59. The summed E-state index contributed by atoms with van der Waals surface area (Å²) in [6.45, 7) is 30.5. The number of hydrogen-bond acceptors (Lipinski definition) is 5. The Kier molecular flexibility index (Phi) is 10.5. The van der Waals surface area contributed by atoms with Crippen molar-refractivity contribution < 1.29 is 20.6 Å². The molecule has 5 nitrogen and oxygen atoms in total. The average molecular weight is 501 g/mol. The molecule has 0 N–H and O–H groups in total. The van der Waals surface area contributed by atoms with Crippen molar-refractivity contribution >= 4 is 50.9 Å². The molecule has 11 heteroatoms. The maximum absolute atomic E-state index is 6.62. The van der Waals surface area contributed by atoms with E-state index >= 15 is 0 Å². The van der Waals surface area contributed by atoms with Crippen LogP contribution in [0, 0.1) is 0 Å². The van der Waals surface area contributed by atoms with Crippen molar-refractivity contribution in [2.75, 3.05) is 0 Å². The zero-order chi connectivity index (χ0) is 22.7. The molecule has 0 atom stereocenters. The van der Waals surface area contributed by atoms with Crippen LogP contribution in [0.3, 0.4) is 0 Å². The predicted octanol–water partition coefficient (Wildman–Crippen LogP) is 6.72. The molecule has 28 heavy (non-hydrogen) atoms. The van der Waals surface area contributed by atoms with Crippen molar-refractivity contribution in [3.63, 3.8) is 0 Å². The molecule has 0 aromatic carbocycles. The van der Waals surface area contributed by atoms with E-state index in [-0.39, 0.29) is 0 Å². The summed E-state index contributed by atoms with van der Waals surface area (Å²) >= 11 is 0. The smallest absolute Gasteiger partial charge is 0.314 e. The van der Waals surface area contributed by atoms with Crippen LogP contribution < -0.4 is 0 Å². The van der Waals surface area contributed by atoms with Crippen LogP contribution in [0.15, 0.2) is 0 Å². The van der Waals surface area contributed by atoms with Crippen LogP contribution in [0.2, 0.25) is 91.2 Å². The molecule has 0 saturated carbocycles. The fourth-order valence-corrected chi connectivity index (χ4v) is 33.1. The Bertz CT molecular complexity index is 489. The Balaban J connectivity index is 5.04. The highest BCUT2D eigenvalue weighted by Gasteiger charge is 2.46. The van der Waals surface area contributed by atoms with Crippen molar-refractivity contribution in [2.45, 2.75) is 111 Å². The Hall–Kier alpha value is 1.10. The minimum atomic E-state index is -2.39. The van der Waals surface area contributed by atoms with Crippen LogP contribution in [0.1, 0.15) is 19.8 Å². The highest BCUT2D eigenvalue weighted by atomic mass is 28.5. The molecule has 0 aromatic rings. The van der Waals surface area contributed by atoms with E-state index in [1.807, 2.05) is 0 Å². The van der Waals surface area contributed by atoms with Crippen LogP contribution in [-0.4, -0.2) is 50.9 Å². The highest BCUT2D eigenvalue weighted by molar-refractivity contribution is 6.91. The second kappa shape index (κ2) is 10.1. The van der Waals surface area contributed by atoms with Crippen LogP contribution >= 0.6 is 0 Å². The van der Waals surface area contributed by atoms with Gasteiger partial charge >= 0.3 is 34.2 Å². The molecule has 0 aliphatic rings. The first-order valence-electron chi connectivity index (χ1n) is 10.6. The van der Waals surface area contributed by atoms with E-state index in [4.69, 9.17) is 20.6 Å². The maximum atomic E-state index is 6.62. The molecular weight excluding hydrogens is 453 g/mol. The van der Waals surface area contributed by atoms with Gasteiger partial charge in [0.1, 0.15) is 0 Å². The molecule has 0 fully saturated rings. The van der Waals surface area contributed by atoms with E-state index in [1.54, 1.807) is 0 Å². The van der Waals surface area contributed by atoms with Gasteiger partial charge in [0.15, 0.2) is 16.6 Å². The molecule has 0 aromatic heterocycles. The number of rotatable bonds is 13. The summed E-state index contributed by atoms with van der Waals surface area (Å²) in [6.07, 6.45) is 2.44. The summed E-state index contributed by atoms with van der Waals surface area (Å²) in [5.41, 5.74) is 0. The first kappa shape index (κ1) is 29.1. The fraction of sp³-hybridized carbons (Fsp3) is 1.00. The predicted molar refractivity (Wildman–Crippen MR) is 136 cm³/mol. The van der Waals surface area contributed by atoms with E-state index < -0.39 is 50.9 Å². The van der Waals surface area contributed by atoms with Gasteiger partial charge in [-0.15, -0.1) is 0 Å². The number of hydrogen-bond donors (Lipinski definition) is 0. The molecule has 0 radical (unpaired) electrons. The van der Waals surface area contributed by atoms with Gasteiger partial charge in [0, 0.05) is 0 Å². The molecule has 0 amide bonds. The molecule has 0 aliphatic heterocycles. The minimum Gasteiger partial charge on any atom is -0.437 e. The SMILES string of the molecule is CCCC[Si](C)(C)O[Si](C)(C)O[Si](C)(C)O[Si](C)(C)O[Si](C)(C)O[Si](C)(C)C. The summed E-state index contributed by atoms with van der Waals surface area (Å²) in [5.74, 6) is 0. The summed E-state index contributed by atoms with van der Waals surface area (Å²) < 4.78 is 32.7. The molecule has 0 unspecified atom stereocenters. The molecule has 170 valence electrons. The van der Waals surface area contributed by atoms with Crippen molar-refractivity contribution in [3.05, 3.63) is 0 Å². The van der Waals surface area contributed by atoms with E-state index in [0.29, 0.717) is 0 Å². The molecular formula is C17H48O5Si6. The van der Waals surface area contributed by atoms with Crippen LogP contribution in [0.25, 0.3) is 0 Å². The quantitative estimate of drug-likeness (QED) is 0.263. The van der Waals surface area contributed by atoms with E-state index in [1.165, 1.54) is 18.9 Å². The average Bonchev–Trinajstić information content (AvgIpc) is 2.26. The summed E-state index contributed by atoms with van der Waals surface area (Å²) in [5, 5.41) is 0. The van der Waals surface area contributed by atoms with Crippen LogP contribution in [-0.2, 0) is 20.6 Å². The van der Waals surface area contributed by atoms with E-state index in [2.05, 4.69) is 92.0 Å². The van der Waals surface area contributed by atoms with E-state index in [0.717, 1.165) is 0 Å². The van der Waals surface area contributed by atoms with Gasteiger partial charge in [0.2, 0.25) is 0 Å². The first-order chi connectivity index (χ1) is 12.1. The standard InChI is InChI=1S/C17H48O5Si6/c1-15-16-17-24(5,6)19-26(9,10)21-28(13,14)22-27(11,12)20-25(7,8)18-23(2,3)4/h15-17H2,1-14H3. The second-order valence-corrected chi connectivity index (χ2v) is 34.6. The van der Waals surface area contributed by atoms with Crippen molar-refractivity contribution in [3.8, 4) is 0 Å². The Morgan fingerprint density at radius 1 is 0.464 bits per heavy atom. The topological polar surface area (TPSA) is 46.2 Å². The van der Waals surface area contributed by atoms with Gasteiger partial charge in [0.25, 0.3) is 0 Å². The van der Waals surface area contributed by atoms with Crippen LogP contribution in [0.5, 0.6) is 0 Å². The summed E-state index contributed by atoms with van der Waals surface area (Å²) in [6, 6.07) is 1.18. The lowest BCUT2D eigenvalue weighted by Gasteiger charge is -2.43. The monoisotopic (exact) mass is 500 g/mol. The zero-order valence-corrected chi connectivity index (χ0v) is 27.2. The van der Waals surface area contributed by atoms with Crippen molar-refractivity contribution in [1.82, 2.24) is 0 Å². The van der Waals surface area contributed by atoms with Gasteiger partial charge in [-0.25, -0.2) is 0 Å². The molecule has 0 bridgehead atoms. The molecule has 0 saturated heterocycles. The van der Waals surface area contributed by atoms with E-state index in [9.17, 15) is 0 Å². The van der Waals surface area contributed by atoms with Gasteiger partial charge in [-0.3, -0.25) is 0 Å². The third-order valence-corrected chi connectivity index (χ3v) is 25.6. The van der Waals surface area contributed by atoms with Gasteiger partial charge < -0.3 is 20.6 Å². The summed E-state index contributed by atoms with van der Waals surface area (Å²) in [7, 11) is -12.6. The molecule has 0 spiro atoms. The van der Waals surface area contributed by atoms with Gasteiger partial charge in [-0.05, 0) is 91.2 Å². The van der Waals surface area contributed by atoms with Crippen molar-refractivity contribution in [1.29, 1.82) is 0 Å². The minimum absolute atomic E-state index is 1.18. The second-order valence-electron chi connectivity index (χ2n) is 11.1. The lowest BCUT2D eigenvalue weighted by atomic mass is 10.4. The largest absolute Gasteiger partial charge is 0.437 e. The summed E-state index contributed by atoms with van der Waals surface area (Å²) in [4.78, 5) is 0. The lowest BCUT2D eigenvalue weighted by molar-refractivity contribution is 0.282. The maximum Gasteiger partial charge on any atom is 0.314 e. The Morgan fingerprint density at radius 3 is 1.11 bits per heavy atom. The molecule has 0 aliphatic carbocycles. The van der Waals surface area contributed by atoms with Crippen LogP contribution in [0.4, 0.5) is 0 Å². The fourth-order valence-electron chi connectivity index (χ4n) is 3.92. The van der Waals surface area contributed by atoms with Crippen molar-refractivity contribution in [2.24, 2.45) is 0 Å². The third-order valence-electron chi connectivity index (χ3n) is 3.68. The van der Waals surface area contributed by atoms with Gasteiger partial charge in [-0.1, -0.05) is 19.8 Å². The van der Waals surface area contributed by atoms with Gasteiger partial charge in [-0.2, -0.15) is 0 Å². The normalized spacial score (nSPS) is 15.2. The first-order valence-corrected chi connectivity index (χ1v) is 28.4. The number of unbranched alkanes of at least 4 members (excludes halogenated alkanes) is 1. The zero-order valence-electron chi connectivity index (χ0n) is 21.2. The third kappa shape index (κ3) is 14.2. The van der Waals surface area contributed by atoms with Gasteiger partial charge in [0.05, 0.1) is 0 Å². The highest BCUT2D eigenvalue weighted by Crippen LogP contribution is 2.28. The Labute approximate surface area is 182 Å². The molecule has 0 heterocycles. The Morgan fingerprint density at radius 2 is 0.786 bits per heavy atom.